The van der Waals surface area contributed by atoms with Gasteiger partial charge in [0.05, 0.1) is 17.6 Å². The highest BCUT2D eigenvalue weighted by Crippen LogP contribution is 2.40. The molecule has 2 aromatic rings. The number of cyclic esters (lactones) is 1. The van der Waals surface area contributed by atoms with Crippen molar-refractivity contribution in [3.63, 3.8) is 0 Å². The van der Waals surface area contributed by atoms with E-state index >= 15 is 0 Å². The van der Waals surface area contributed by atoms with Gasteiger partial charge >= 0.3 is 6.09 Å². The van der Waals surface area contributed by atoms with E-state index in [4.69, 9.17) is 18.9 Å². The van der Waals surface area contributed by atoms with Gasteiger partial charge in [0.2, 0.25) is 0 Å². The maximum absolute atomic E-state index is 12.3. The molecule has 1 amide bonds. The molecule has 3 aliphatic rings. The number of likely N-dealkylation sites (tertiary alicyclic amines) is 1. The molecule has 2 aromatic carbocycles. The second-order valence-corrected chi connectivity index (χ2v) is 10.5. The molecular weight excluding hydrogens is 576 g/mol. The highest BCUT2D eigenvalue weighted by molar-refractivity contribution is 9.10. The van der Waals surface area contributed by atoms with Gasteiger partial charge in [-0.05, 0) is 66.2 Å². The topological polar surface area (TPSA) is 60.5 Å². The summed E-state index contributed by atoms with van der Waals surface area (Å²) >= 11 is 3.49. The minimum atomic E-state index is -0.165. The van der Waals surface area contributed by atoms with Crippen molar-refractivity contribution in [2.24, 2.45) is 5.92 Å². The summed E-state index contributed by atoms with van der Waals surface area (Å²) in [5.74, 6) is 2.85. The molecule has 0 aromatic heterocycles. The Labute approximate surface area is 241 Å². The van der Waals surface area contributed by atoms with Crippen LogP contribution < -0.4 is 14.2 Å². The number of benzene rings is 2. The number of halogens is 1. The summed E-state index contributed by atoms with van der Waals surface area (Å²) in [6.45, 7) is 4.74. The normalized spacial score (nSPS) is 21.6. The molecule has 5 rings (SSSR count). The number of ether oxygens (including phenoxy) is 4. The van der Waals surface area contributed by atoms with Crippen LogP contribution >= 0.6 is 42.9 Å². The highest BCUT2D eigenvalue weighted by Gasteiger charge is 2.34. The van der Waals surface area contributed by atoms with E-state index in [1.807, 2.05) is 35.2 Å². The van der Waals surface area contributed by atoms with E-state index < -0.39 is 0 Å². The Hall–Kier alpha value is -1.75. The summed E-state index contributed by atoms with van der Waals surface area (Å²) < 4.78 is 23.8. The van der Waals surface area contributed by atoms with E-state index in [0.717, 1.165) is 73.6 Å². The zero-order chi connectivity index (χ0) is 24.2. The molecule has 0 unspecified atom stereocenters. The van der Waals surface area contributed by atoms with Crippen molar-refractivity contribution in [3.05, 3.63) is 52.5 Å². The fourth-order valence-electron chi connectivity index (χ4n) is 5.25. The van der Waals surface area contributed by atoms with E-state index in [9.17, 15) is 4.79 Å². The van der Waals surface area contributed by atoms with Crippen LogP contribution in [0.15, 0.2) is 46.9 Å². The van der Waals surface area contributed by atoms with Crippen LogP contribution in [0.3, 0.4) is 0 Å². The van der Waals surface area contributed by atoms with E-state index in [1.165, 1.54) is 5.56 Å². The number of amides is 1. The quantitative estimate of drug-likeness (QED) is 0.419. The Morgan fingerprint density at radius 3 is 2.51 bits per heavy atom. The molecule has 0 N–H and O–H groups in total. The Balaban J connectivity index is 0.00000190. The first kappa shape index (κ1) is 29.8. The first-order chi connectivity index (χ1) is 17.1. The second kappa shape index (κ2) is 13.9. The maximum Gasteiger partial charge on any atom is 0.410 e. The van der Waals surface area contributed by atoms with Crippen molar-refractivity contribution in [1.29, 1.82) is 0 Å². The van der Waals surface area contributed by atoms with Crippen molar-refractivity contribution in [1.82, 2.24) is 9.80 Å². The highest BCUT2D eigenvalue weighted by atomic mass is 79.9. The van der Waals surface area contributed by atoms with E-state index in [1.54, 1.807) is 7.11 Å². The number of piperidine rings is 1. The maximum atomic E-state index is 12.3. The molecule has 2 atom stereocenters. The van der Waals surface area contributed by atoms with Crippen molar-refractivity contribution >= 4 is 49.0 Å². The van der Waals surface area contributed by atoms with E-state index in [-0.39, 0.29) is 45.2 Å². The lowest BCUT2D eigenvalue weighted by molar-refractivity contribution is 0.0463. The average Bonchev–Trinajstić information content (AvgIpc) is 3.22. The van der Waals surface area contributed by atoms with Crippen LogP contribution in [0.1, 0.15) is 24.8 Å². The van der Waals surface area contributed by atoms with Crippen molar-refractivity contribution in [2.45, 2.75) is 37.8 Å². The fraction of sp³-hybridized carbons (Fsp3) is 0.519. The summed E-state index contributed by atoms with van der Waals surface area (Å²) in [6, 6.07) is 14.3. The monoisotopic (exact) mass is 612 g/mol. The second-order valence-electron chi connectivity index (χ2n) is 9.63. The van der Waals surface area contributed by atoms with Crippen molar-refractivity contribution < 1.29 is 23.7 Å². The van der Waals surface area contributed by atoms with E-state index in [2.05, 4.69) is 33.0 Å². The molecule has 2 fully saturated rings. The summed E-state index contributed by atoms with van der Waals surface area (Å²) in [5, 5.41) is 0. The molecule has 0 radical (unpaired) electrons. The molecular formula is C27H37BrN2O5S2. The number of rotatable bonds is 8. The molecule has 7 nitrogen and oxygen atoms in total. The van der Waals surface area contributed by atoms with Gasteiger partial charge in [-0.15, -0.1) is 0 Å². The van der Waals surface area contributed by atoms with Crippen LogP contribution in [0.4, 0.5) is 4.79 Å². The smallest absolute Gasteiger partial charge is 0.410 e. The molecule has 3 aliphatic heterocycles. The standard InChI is InChI=1S/C27H33BrN2O5.2H2S/c1-32-24-15-26-25(14-23(24)28)33-18-22(35-26)16-29-10-7-19(8-11-29)9-12-30-21(17-34-27(30)31)13-20-5-3-2-4-6-20;;/h2-6,14-15,19,21-22H,7-13,16-18H2,1H3;2*1H2/t21-,22-;;/m0../s1. The van der Waals surface area contributed by atoms with Gasteiger partial charge in [-0.25, -0.2) is 4.79 Å². The van der Waals surface area contributed by atoms with Crippen LogP contribution in [0.25, 0.3) is 0 Å². The van der Waals surface area contributed by atoms with Crippen molar-refractivity contribution in [3.8, 4) is 17.2 Å². The molecule has 10 heteroatoms. The number of hydrogen-bond acceptors (Lipinski definition) is 6. The zero-order valence-electron chi connectivity index (χ0n) is 21.2. The predicted octanol–water partition coefficient (Wildman–Crippen LogP) is 4.99. The largest absolute Gasteiger partial charge is 0.495 e. The van der Waals surface area contributed by atoms with Gasteiger partial charge in [0.15, 0.2) is 11.5 Å². The third kappa shape index (κ3) is 7.43. The van der Waals surface area contributed by atoms with Crippen LogP contribution in [0, 0.1) is 5.92 Å². The first-order valence-corrected chi connectivity index (χ1v) is 13.2. The van der Waals surface area contributed by atoms with E-state index in [0.29, 0.717) is 19.1 Å². The minimum absolute atomic E-state index is 0. The number of fused-ring (bicyclic) bond motifs is 1. The molecule has 0 aliphatic carbocycles. The number of hydrogen-bond donors (Lipinski definition) is 0. The van der Waals surface area contributed by atoms with Crippen LogP contribution in [-0.2, 0) is 11.2 Å². The summed E-state index contributed by atoms with van der Waals surface area (Å²) in [5.41, 5.74) is 1.25. The van der Waals surface area contributed by atoms with Gasteiger partial charge in [0.25, 0.3) is 0 Å². The molecule has 2 saturated heterocycles. The van der Waals surface area contributed by atoms with Crippen molar-refractivity contribution in [2.75, 3.05) is 46.5 Å². The number of carbonyl (C=O) groups excluding carboxylic acids is 1. The Bertz CT molecular complexity index is 1020. The van der Waals surface area contributed by atoms with Gasteiger partial charge < -0.3 is 23.8 Å². The van der Waals surface area contributed by atoms with Crippen LogP contribution in [0.5, 0.6) is 17.2 Å². The molecule has 0 saturated carbocycles. The molecule has 0 bridgehead atoms. The van der Waals surface area contributed by atoms with Gasteiger partial charge in [-0.2, -0.15) is 27.0 Å². The Morgan fingerprint density at radius 1 is 1.03 bits per heavy atom. The first-order valence-electron chi connectivity index (χ1n) is 12.5. The molecule has 3 heterocycles. The van der Waals surface area contributed by atoms with Crippen LogP contribution in [0.2, 0.25) is 0 Å². The average molecular weight is 614 g/mol. The summed E-state index contributed by atoms with van der Waals surface area (Å²) in [6.07, 6.45) is 3.98. The van der Waals surface area contributed by atoms with Crippen LogP contribution in [-0.4, -0.2) is 74.5 Å². The number of methoxy groups -OCH3 is 1. The summed E-state index contributed by atoms with van der Waals surface area (Å²) in [7, 11) is 1.65. The van der Waals surface area contributed by atoms with Gasteiger partial charge in [-0.3, -0.25) is 4.90 Å². The lowest BCUT2D eigenvalue weighted by atomic mass is 9.93. The lowest BCUT2D eigenvalue weighted by Gasteiger charge is -2.36. The van der Waals surface area contributed by atoms with Gasteiger partial charge in [-0.1, -0.05) is 30.3 Å². The molecule has 37 heavy (non-hydrogen) atoms. The third-order valence-corrected chi connectivity index (χ3v) is 7.89. The predicted molar refractivity (Wildman–Crippen MR) is 157 cm³/mol. The zero-order valence-corrected chi connectivity index (χ0v) is 24.7. The SMILES string of the molecule is COc1cc2c(cc1Br)OC[C@H](CN1CCC(CCN3C(=O)OC[C@@H]3Cc3ccccc3)CC1)O2.S.S. The minimum Gasteiger partial charge on any atom is -0.495 e. The number of carbonyl (C=O) groups is 1. The molecule has 204 valence electrons. The van der Waals surface area contributed by atoms with Gasteiger partial charge in [0, 0.05) is 25.2 Å². The lowest BCUT2D eigenvalue weighted by Crippen LogP contribution is -2.44. The summed E-state index contributed by atoms with van der Waals surface area (Å²) in [4.78, 5) is 16.7. The number of nitrogens with zero attached hydrogens (tertiary/aromatic N) is 2. The fourth-order valence-corrected chi connectivity index (χ4v) is 5.73. The third-order valence-electron chi connectivity index (χ3n) is 7.27. The molecule has 0 spiro atoms. The Morgan fingerprint density at radius 2 is 1.78 bits per heavy atom. The Kier molecular flexibility index (Phi) is 11.2. The van der Waals surface area contributed by atoms with Gasteiger partial charge in [0.1, 0.15) is 25.1 Å².